The molecule has 0 atom stereocenters. The van der Waals surface area contributed by atoms with Crippen LogP contribution in [0.3, 0.4) is 0 Å². The Balaban J connectivity index is 2.80. The second kappa shape index (κ2) is 3.37. The summed E-state index contributed by atoms with van der Waals surface area (Å²) in [6, 6.07) is 2.95. The van der Waals surface area contributed by atoms with Crippen molar-refractivity contribution >= 4 is 33.0 Å². The molecule has 1 heterocycles. The summed E-state index contributed by atoms with van der Waals surface area (Å²) in [5.74, 6) is -0.517. The van der Waals surface area contributed by atoms with Crippen LogP contribution in [-0.2, 0) is 0 Å². The lowest BCUT2D eigenvalue weighted by Gasteiger charge is -2.05. The molecule has 0 aliphatic heterocycles. The van der Waals surface area contributed by atoms with Gasteiger partial charge < -0.3 is 5.11 Å². The molecule has 0 aliphatic carbocycles. The lowest BCUT2D eigenvalue weighted by molar-refractivity contribution is 0.147. The molecule has 2 rings (SSSR count). The molecule has 0 radical (unpaired) electrons. The van der Waals surface area contributed by atoms with E-state index in [0.717, 1.165) is 0 Å². The summed E-state index contributed by atoms with van der Waals surface area (Å²) in [5.41, 5.74) is -0.416. The van der Waals surface area contributed by atoms with E-state index < -0.39 is 17.7 Å². The van der Waals surface area contributed by atoms with Crippen LogP contribution in [0, 0.1) is 0 Å². The van der Waals surface area contributed by atoms with Gasteiger partial charge in [0.25, 0.3) is 6.43 Å². The number of rotatable bonds is 1. The zero-order valence-electron chi connectivity index (χ0n) is 6.80. The number of alkyl halides is 2. The van der Waals surface area contributed by atoms with E-state index in [2.05, 4.69) is 0 Å². The van der Waals surface area contributed by atoms with Crippen LogP contribution in [0.1, 0.15) is 12.0 Å². The first-order valence-electron chi connectivity index (χ1n) is 3.78. The van der Waals surface area contributed by atoms with Gasteiger partial charge >= 0.3 is 0 Å². The van der Waals surface area contributed by atoms with Gasteiger partial charge in [0.1, 0.15) is 10.8 Å². The van der Waals surface area contributed by atoms with E-state index in [1.165, 1.54) is 17.4 Å². The average molecular weight is 235 g/mol. The van der Waals surface area contributed by atoms with Gasteiger partial charge in [-0.15, -0.1) is 11.3 Å². The molecule has 1 aromatic heterocycles. The molecule has 0 saturated heterocycles. The maximum atomic E-state index is 12.4. The maximum absolute atomic E-state index is 12.4. The molecule has 0 fully saturated rings. The van der Waals surface area contributed by atoms with E-state index >= 15 is 0 Å². The summed E-state index contributed by atoms with van der Waals surface area (Å²) < 4.78 is 25.5. The molecule has 0 amide bonds. The Bertz CT molecular complexity index is 481. The highest BCUT2D eigenvalue weighted by atomic mass is 35.5. The highest BCUT2D eigenvalue weighted by molar-refractivity contribution is 7.17. The minimum atomic E-state index is -2.71. The molecule has 2 aromatic rings. The van der Waals surface area contributed by atoms with E-state index in [1.807, 2.05) is 0 Å². The Labute approximate surface area is 87.5 Å². The summed E-state index contributed by atoms with van der Waals surface area (Å²) in [4.78, 5) is 0. The van der Waals surface area contributed by atoms with Crippen LogP contribution >= 0.6 is 22.9 Å². The maximum Gasteiger partial charge on any atom is 0.267 e. The lowest BCUT2D eigenvalue weighted by Crippen LogP contribution is -1.85. The molecule has 0 saturated carbocycles. The third-order valence-corrected chi connectivity index (χ3v) is 3.35. The van der Waals surface area contributed by atoms with Crippen LogP contribution in [0.15, 0.2) is 17.5 Å². The quantitative estimate of drug-likeness (QED) is 0.784. The summed E-state index contributed by atoms with van der Waals surface area (Å²) in [7, 11) is 0. The fraction of sp³-hybridized carbons (Fsp3) is 0.111. The molecule has 1 aromatic carbocycles. The van der Waals surface area contributed by atoms with Crippen molar-refractivity contribution in [3.05, 3.63) is 28.1 Å². The van der Waals surface area contributed by atoms with Crippen LogP contribution in [-0.4, -0.2) is 5.11 Å². The summed E-state index contributed by atoms with van der Waals surface area (Å²) in [6.45, 7) is 0. The number of benzene rings is 1. The minimum Gasteiger partial charge on any atom is -0.506 e. The molecule has 0 aliphatic rings. The summed E-state index contributed by atoms with van der Waals surface area (Å²) >= 11 is 7.06. The van der Waals surface area contributed by atoms with Gasteiger partial charge in [0.15, 0.2) is 0 Å². The fourth-order valence-electron chi connectivity index (χ4n) is 1.25. The first-order valence-corrected chi connectivity index (χ1v) is 5.03. The lowest BCUT2D eigenvalue weighted by atomic mass is 10.1. The first kappa shape index (κ1) is 9.68. The van der Waals surface area contributed by atoms with E-state index in [1.54, 1.807) is 11.4 Å². The van der Waals surface area contributed by atoms with Gasteiger partial charge in [-0.2, -0.15) is 0 Å². The molecule has 0 bridgehead atoms. The number of phenolic OH excluding ortho intramolecular Hbond substituents is 1. The molecule has 1 N–H and O–H groups in total. The molecule has 1 nitrogen and oxygen atoms in total. The topological polar surface area (TPSA) is 20.2 Å². The normalized spacial score (nSPS) is 11.4. The van der Waals surface area contributed by atoms with Crippen molar-refractivity contribution in [1.82, 2.24) is 0 Å². The second-order valence-corrected chi connectivity index (χ2v) is 4.06. The number of hydrogen-bond acceptors (Lipinski definition) is 2. The Hall–Kier alpha value is -0.870. The number of phenols is 1. The zero-order chi connectivity index (χ0) is 10.3. The standard InChI is InChI=1S/C9H5ClF2OS/c10-6-7(13)5(9(11)12)3-4-1-2-14-8(4)6/h1-3,9,13H. The van der Waals surface area contributed by atoms with E-state index in [-0.39, 0.29) is 5.02 Å². The van der Waals surface area contributed by atoms with Crippen molar-refractivity contribution in [1.29, 1.82) is 0 Å². The van der Waals surface area contributed by atoms with E-state index in [4.69, 9.17) is 11.6 Å². The van der Waals surface area contributed by atoms with Crippen molar-refractivity contribution in [3.8, 4) is 5.75 Å². The third kappa shape index (κ3) is 1.35. The molecule has 0 unspecified atom stereocenters. The van der Waals surface area contributed by atoms with Crippen LogP contribution in [0.25, 0.3) is 10.1 Å². The summed E-state index contributed by atoms with van der Waals surface area (Å²) in [6.07, 6.45) is -2.71. The number of halogens is 3. The van der Waals surface area contributed by atoms with Crippen LogP contribution in [0.5, 0.6) is 5.75 Å². The van der Waals surface area contributed by atoms with Gasteiger partial charge in [-0.25, -0.2) is 8.78 Å². The average Bonchev–Trinajstić information content (AvgIpc) is 2.58. The van der Waals surface area contributed by atoms with E-state index in [9.17, 15) is 13.9 Å². The van der Waals surface area contributed by atoms with Gasteiger partial charge in [0.2, 0.25) is 0 Å². The van der Waals surface area contributed by atoms with Crippen molar-refractivity contribution < 1.29 is 13.9 Å². The number of thiophene rings is 1. The molecular formula is C9H5ClF2OS. The van der Waals surface area contributed by atoms with Crippen molar-refractivity contribution in [2.75, 3.05) is 0 Å². The zero-order valence-corrected chi connectivity index (χ0v) is 8.37. The van der Waals surface area contributed by atoms with Gasteiger partial charge in [-0.05, 0) is 22.9 Å². The van der Waals surface area contributed by atoms with Crippen LogP contribution in [0.4, 0.5) is 8.78 Å². The SMILES string of the molecule is Oc1c(C(F)F)cc2ccsc2c1Cl. The highest BCUT2D eigenvalue weighted by Gasteiger charge is 2.18. The molecule has 74 valence electrons. The number of aromatic hydroxyl groups is 1. The Kier molecular flexibility index (Phi) is 2.33. The minimum absolute atomic E-state index is 0.00722. The van der Waals surface area contributed by atoms with Crippen molar-refractivity contribution in [3.63, 3.8) is 0 Å². The van der Waals surface area contributed by atoms with Crippen molar-refractivity contribution in [2.45, 2.75) is 6.43 Å². The van der Waals surface area contributed by atoms with E-state index in [0.29, 0.717) is 10.1 Å². The van der Waals surface area contributed by atoms with Crippen molar-refractivity contribution in [2.24, 2.45) is 0 Å². The molecular weight excluding hydrogens is 230 g/mol. The number of fused-ring (bicyclic) bond motifs is 1. The van der Waals surface area contributed by atoms with Gasteiger partial charge in [-0.3, -0.25) is 0 Å². The van der Waals surface area contributed by atoms with Gasteiger partial charge in [-0.1, -0.05) is 11.6 Å². The highest BCUT2D eigenvalue weighted by Crippen LogP contribution is 2.41. The summed E-state index contributed by atoms with van der Waals surface area (Å²) in [5, 5.41) is 11.8. The Morgan fingerprint density at radius 1 is 1.43 bits per heavy atom. The predicted molar refractivity (Wildman–Crippen MR) is 53.5 cm³/mol. The molecule has 14 heavy (non-hydrogen) atoms. The third-order valence-electron chi connectivity index (χ3n) is 1.92. The Morgan fingerprint density at radius 2 is 2.14 bits per heavy atom. The predicted octanol–water partition coefficient (Wildman–Crippen LogP) is 4.20. The largest absolute Gasteiger partial charge is 0.506 e. The van der Waals surface area contributed by atoms with Gasteiger partial charge in [0, 0.05) is 0 Å². The monoisotopic (exact) mass is 234 g/mol. The first-order chi connectivity index (χ1) is 6.61. The molecule has 0 spiro atoms. The molecule has 5 heteroatoms. The fourth-order valence-corrected chi connectivity index (χ4v) is 2.41. The Morgan fingerprint density at radius 3 is 2.79 bits per heavy atom. The van der Waals surface area contributed by atoms with Gasteiger partial charge in [0.05, 0.1) is 10.3 Å². The van der Waals surface area contributed by atoms with Crippen LogP contribution in [0.2, 0.25) is 5.02 Å². The van der Waals surface area contributed by atoms with Crippen LogP contribution < -0.4 is 0 Å². The smallest absolute Gasteiger partial charge is 0.267 e. The second-order valence-electron chi connectivity index (χ2n) is 2.77. The number of hydrogen-bond donors (Lipinski definition) is 1.